The largest absolute Gasteiger partial charge is 0.151 e. The molecule has 0 saturated carbocycles. The predicted octanol–water partition coefficient (Wildman–Crippen LogP) is 2.27. The van der Waals surface area contributed by atoms with Crippen LogP contribution in [0.1, 0.15) is 0 Å². The molecule has 0 N–H and O–H groups in total. The Balaban J connectivity index is 3.41. The molecule has 0 rings (SSSR count). The van der Waals surface area contributed by atoms with Crippen molar-refractivity contribution in [3.8, 4) is 0 Å². The molecule has 0 aromatic carbocycles. The van der Waals surface area contributed by atoms with Gasteiger partial charge in [0, 0.05) is 12.7 Å². The van der Waals surface area contributed by atoms with Crippen molar-refractivity contribution in [3.05, 3.63) is 49.6 Å². The molecule has 0 heterocycles. The van der Waals surface area contributed by atoms with Crippen LogP contribution >= 0.6 is 0 Å². The van der Waals surface area contributed by atoms with Crippen LogP contribution in [0.15, 0.2) is 43.0 Å². The second-order valence-electron chi connectivity index (χ2n) is 1.20. The molecule has 0 fully saturated rings. The molecular weight excluding hydrogens is 96.1 g/mol. The maximum atomic E-state index is 5.04. The van der Waals surface area contributed by atoms with Gasteiger partial charge >= 0.3 is 0 Å². The normalized spacial score (nSPS) is 10.4. The third-order valence-corrected chi connectivity index (χ3v) is 0.581. The highest BCUT2D eigenvalue weighted by molar-refractivity contribution is 5.12. The lowest BCUT2D eigenvalue weighted by Crippen LogP contribution is -1.45. The lowest BCUT2D eigenvalue weighted by molar-refractivity contribution is 1.90. The van der Waals surface area contributed by atoms with E-state index in [2.05, 4.69) is 6.58 Å². The molecule has 0 aliphatic rings. The third-order valence-electron chi connectivity index (χ3n) is 0.581. The number of allylic oxidation sites excluding steroid dienone is 6. The molecule has 0 aromatic rings. The summed E-state index contributed by atoms with van der Waals surface area (Å²) in [6.45, 7) is 8.54. The summed E-state index contributed by atoms with van der Waals surface area (Å²) in [5, 5.41) is 0. The summed E-state index contributed by atoms with van der Waals surface area (Å²) >= 11 is 0. The molecule has 0 radical (unpaired) electrons. The summed E-state index contributed by atoms with van der Waals surface area (Å²) in [4.78, 5) is 0. The van der Waals surface area contributed by atoms with Crippen molar-refractivity contribution < 1.29 is 0 Å². The highest BCUT2D eigenvalue weighted by Crippen LogP contribution is 1.76. The zero-order valence-corrected chi connectivity index (χ0v) is 4.75. The van der Waals surface area contributed by atoms with Crippen LogP contribution in [0.4, 0.5) is 0 Å². The molecule has 0 amide bonds. The fourth-order valence-electron chi connectivity index (χ4n) is 0.271. The highest BCUT2D eigenvalue weighted by Gasteiger charge is 1.63. The molecule has 0 aliphatic carbocycles. The van der Waals surface area contributed by atoms with Gasteiger partial charge in [-0.15, -0.1) is 0 Å². The van der Waals surface area contributed by atoms with Crippen molar-refractivity contribution in [3.63, 3.8) is 0 Å². The quantitative estimate of drug-likeness (QED) is 0.381. The van der Waals surface area contributed by atoms with Gasteiger partial charge in [0.05, 0.1) is 6.08 Å². The Morgan fingerprint density at radius 3 is 2.12 bits per heavy atom. The van der Waals surface area contributed by atoms with Crippen LogP contribution in [-0.2, 0) is 0 Å². The Labute approximate surface area is 50.5 Å². The maximum absolute atomic E-state index is 5.04. The van der Waals surface area contributed by atoms with Crippen molar-refractivity contribution in [1.29, 1.82) is 0 Å². The summed E-state index contributed by atoms with van der Waals surface area (Å²) in [5.41, 5.74) is 0. The standard InChI is InChI=1S/C8H9/c1-3-5-7-8-6-4-2/h1,3-8H,2H2/q+1/b7-5-,8-6-. The highest BCUT2D eigenvalue weighted by atomic mass is 13.6. The molecule has 0 spiro atoms. The Hall–Kier alpha value is -1.13. The fraction of sp³-hybridized carbons (Fsp3) is 0. The number of hydrogen-bond donors (Lipinski definition) is 0. The molecule has 0 atom stereocenters. The molecule has 0 heteroatoms. The monoisotopic (exact) mass is 105 g/mol. The maximum Gasteiger partial charge on any atom is 0.151 e. The number of hydrogen-bond acceptors (Lipinski definition) is 0. The van der Waals surface area contributed by atoms with Crippen LogP contribution in [0.25, 0.3) is 0 Å². The minimum atomic E-state index is 1.48. The van der Waals surface area contributed by atoms with Gasteiger partial charge < -0.3 is 0 Å². The van der Waals surface area contributed by atoms with E-state index in [9.17, 15) is 0 Å². The van der Waals surface area contributed by atoms with Crippen LogP contribution < -0.4 is 0 Å². The summed E-state index contributed by atoms with van der Waals surface area (Å²) in [5.74, 6) is 0. The van der Waals surface area contributed by atoms with Crippen LogP contribution in [0.5, 0.6) is 0 Å². The minimum Gasteiger partial charge on any atom is -0.0991 e. The summed E-state index contributed by atoms with van der Waals surface area (Å²) in [6, 6.07) is 0. The van der Waals surface area contributed by atoms with Crippen molar-refractivity contribution in [1.82, 2.24) is 0 Å². The summed E-state index contributed by atoms with van der Waals surface area (Å²) in [7, 11) is 0. The topological polar surface area (TPSA) is 0 Å². The molecular formula is C8H9+. The van der Waals surface area contributed by atoms with E-state index in [0.717, 1.165) is 0 Å². The first-order chi connectivity index (χ1) is 3.91. The van der Waals surface area contributed by atoms with E-state index < -0.39 is 0 Å². The van der Waals surface area contributed by atoms with E-state index in [-0.39, 0.29) is 0 Å². The Kier molecular flexibility index (Phi) is 5.04. The van der Waals surface area contributed by atoms with E-state index in [1.54, 1.807) is 12.2 Å². The van der Waals surface area contributed by atoms with E-state index in [1.807, 2.05) is 18.2 Å². The van der Waals surface area contributed by atoms with Gasteiger partial charge in [-0.2, -0.15) is 0 Å². The molecule has 0 unspecified atom stereocenters. The van der Waals surface area contributed by atoms with Crippen LogP contribution in [0.2, 0.25) is 0 Å². The lowest BCUT2D eigenvalue weighted by Gasteiger charge is -1.61. The Bertz CT molecular complexity index is 100. The van der Waals surface area contributed by atoms with E-state index in [1.165, 1.54) is 6.08 Å². The molecule has 0 saturated heterocycles. The van der Waals surface area contributed by atoms with Crippen LogP contribution in [0.3, 0.4) is 0 Å². The van der Waals surface area contributed by atoms with Gasteiger partial charge in [-0.25, -0.2) is 0 Å². The molecule has 0 bridgehead atoms. The second kappa shape index (κ2) is 5.87. The first-order valence-electron chi connectivity index (χ1n) is 2.41. The molecule has 40 valence electrons. The Morgan fingerprint density at radius 2 is 1.62 bits per heavy atom. The molecule has 8 heavy (non-hydrogen) atoms. The average molecular weight is 105 g/mol. The fourth-order valence-corrected chi connectivity index (χ4v) is 0.271. The predicted molar refractivity (Wildman–Crippen MR) is 37.3 cm³/mol. The van der Waals surface area contributed by atoms with Gasteiger partial charge in [-0.3, -0.25) is 0 Å². The van der Waals surface area contributed by atoms with Crippen molar-refractivity contribution >= 4 is 0 Å². The minimum absolute atomic E-state index is 1.48. The first kappa shape index (κ1) is 6.87. The van der Waals surface area contributed by atoms with Gasteiger partial charge in [0.25, 0.3) is 0 Å². The molecule has 0 aromatic heterocycles. The zero-order valence-electron chi connectivity index (χ0n) is 4.75. The zero-order chi connectivity index (χ0) is 6.24. The van der Waals surface area contributed by atoms with Crippen LogP contribution in [-0.4, -0.2) is 0 Å². The second-order valence-corrected chi connectivity index (χ2v) is 1.20. The van der Waals surface area contributed by atoms with Crippen molar-refractivity contribution in [2.24, 2.45) is 0 Å². The lowest BCUT2D eigenvalue weighted by atomic mass is 10.4. The van der Waals surface area contributed by atoms with Gasteiger partial charge in [0.2, 0.25) is 0 Å². The van der Waals surface area contributed by atoms with Crippen molar-refractivity contribution in [2.75, 3.05) is 0 Å². The SMILES string of the molecule is [CH+]=C/C=C\C=C/C=C. The van der Waals surface area contributed by atoms with Gasteiger partial charge in [0.15, 0.2) is 6.08 Å². The average Bonchev–Trinajstić information content (AvgIpc) is 1.81. The third kappa shape index (κ3) is 4.87. The number of rotatable bonds is 3. The van der Waals surface area contributed by atoms with Gasteiger partial charge in [-0.1, -0.05) is 18.7 Å². The van der Waals surface area contributed by atoms with Crippen LogP contribution in [0, 0.1) is 6.58 Å². The smallest absolute Gasteiger partial charge is 0.0991 e. The molecule has 0 aliphatic heterocycles. The van der Waals surface area contributed by atoms with Crippen molar-refractivity contribution in [2.45, 2.75) is 0 Å². The Morgan fingerprint density at radius 1 is 1.00 bits per heavy atom. The van der Waals surface area contributed by atoms with Gasteiger partial charge in [-0.05, 0) is 6.08 Å². The van der Waals surface area contributed by atoms with E-state index in [4.69, 9.17) is 6.58 Å². The molecule has 0 nitrogen and oxygen atoms in total. The van der Waals surface area contributed by atoms with Gasteiger partial charge in [0.1, 0.15) is 0 Å². The summed E-state index contributed by atoms with van der Waals surface area (Å²) in [6.07, 6.45) is 10.5. The first-order valence-corrected chi connectivity index (χ1v) is 2.41. The van der Waals surface area contributed by atoms with E-state index >= 15 is 0 Å². The van der Waals surface area contributed by atoms with E-state index in [0.29, 0.717) is 0 Å². The summed E-state index contributed by atoms with van der Waals surface area (Å²) < 4.78 is 0.